The summed E-state index contributed by atoms with van der Waals surface area (Å²) < 4.78 is 0. The van der Waals surface area contributed by atoms with Crippen LogP contribution in [0.2, 0.25) is 19.6 Å². The highest BCUT2D eigenvalue weighted by Gasteiger charge is 2.31. The van der Waals surface area contributed by atoms with Crippen molar-refractivity contribution in [3.8, 4) is 0 Å². The van der Waals surface area contributed by atoms with Crippen LogP contribution < -0.4 is 5.32 Å². The summed E-state index contributed by atoms with van der Waals surface area (Å²) in [7, 11) is -1.34. The van der Waals surface area contributed by atoms with Gasteiger partial charge in [-0.15, -0.1) is 0 Å². The van der Waals surface area contributed by atoms with Gasteiger partial charge in [-0.05, 0) is 6.42 Å². The third-order valence-corrected chi connectivity index (χ3v) is 4.40. The Bertz CT molecular complexity index is 362. The average Bonchev–Trinajstić information content (AvgIpc) is 2.51. The predicted molar refractivity (Wildman–Crippen MR) is 54.2 cm³/mol. The van der Waals surface area contributed by atoms with Crippen LogP contribution in [-0.2, 0) is 6.42 Å². The minimum Gasteiger partial charge on any atom is -0.292 e. The van der Waals surface area contributed by atoms with Gasteiger partial charge in [0.15, 0.2) is 5.78 Å². The first-order valence-corrected chi connectivity index (χ1v) is 8.11. The number of carbonyl (C=O) groups excluding carboxylic acids is 1. The van der Waals surface area contributed by atoms with Crippen LogP contribution in [0.15, 0.2) is 0 Å². The Labute approximate surface area is 78.6 Å². The Kier molecular flexibility index (Phi) is 1.70. The van der Waals surface area contributed by atoms with E-state index >= 15 is 0 Å². The molecule has 0 radical (unpaired) electrons. The van der Waals surface area contributed by atoms with Crippen LogP contribution in [0, 0.1) is 0 Å². The molecule has 3 nitrogen and oxygen atoms in total. The maximum Gasteiger partial charge on any atom is 0.183 e. The molecule has 0 saturated heterocycles. The van der Waals surface area contributed by atoms with Crippen LogP contribution in [0.25, 0.3) is 0 Å². The molecule has 13 heavy (non-hydrogen) atoms. The van der Waals surface area contributed by atoms with E-state index in [1.807, 2.05) is 0 Å². The smallest absolute Gasteiger partial charge is 0.183 e. The molecule has 0 amide bonds. The number of aromatic amines is 1. The summed E-state index contributed by atoms with van der Waals surface area (Å²) in [5, 5.41) is 8.40. The van der Waals surface area contributed by atoms with Gasteiger partial charge in [-0.25, -0.2) is 0 Å². The van der Waals surface area contributed by atoms with Crippen molar-refractivity contribution in [2.24, 2.45) is 0 Å². The zero-order valence-electron chi connectivity index (χ0n) is 8.27. The third-order valence-electron chi connectivity index (χ3n) is 2.48. The summed E-state index contributed by atoms with van der Waals surface area (Å²) in [5.74, 6) is 0.204. The molecule has 0 atom stereocenters. The lowest BCUT2D eigenvalue weighted by Crippen LogP contribution is -2.40. The molecule has 1 aliphatic carbocycles. The summed E-state index contributed by atoms with van der Waals surface area (Å²) in [5.41, 5.74) is 1.90. The van der Waals surface area contributed by atoms with Gasteiger partial charge in [-0.1, -0.05) is 19.6 Å². The summed E-state index contributed by atoms with van der Waals surface area (Å²) >= 11 is 0. The van der Waals surface area contributed by atoms with E-state index in [2.05, 4.69) is 29.8 Å². The summed E-state index contributed by atoms with van der Waals surface area (Å²) in [4.78, 5) is 11.3. The van der Waals surface area contributed by atoms with Crippen LogP contribution in [-0.4, -0.2) is 24.1 Å². The van der Waals surface area contributed by atoms with Gasteiger partial charge in [-0.3, -0.25) is 9.89 Å². The van der Waals surface area contributed by atoms with Gasteiger partial charge in [0, 0.05) is 17.3 Å². The molecule has 2 rings (SSSR count). The van der Waals surface area contributed by atoms with Crippen molar-refractivity contribution in [3.05, 3.63) is 11.3 Å². The molecule has 0 aromatic carbocycles. The van der Waals surface area contributed by atoms with E-state index in [0.29, 0.717) is 12.1 Å². The molecule has 0 bridgehead atoms. The molecule has 1 aromatic heterocycles. The van der Waals surface area contributed by atoms with E-state index in [9.17, 15) is 4.79 Å². The number of aromatic nitrogens is 2. The third kappa shape index (κ3) is 1.25. The Morgan fingerprint density at radius 2 is 2.00 bits per heavy atom. The Morgan fingerprint density at radius 3 is 2.62 bits per heavy atom. The monoisotopic (exact) mass is 194 g/mol. The van der Waals surface area contributed by atoms with Crippen LogP contribution >= 0.6 is 0 Å². The van der Waals surface area contributed by atoms with Gasteiger partial charge in [0.05, 0.1) is 0 Å². The fourth-order valence-corrected chi connectivity index (χ4v) is 3.36. The Morgan fingerprint density at radius 1 is 1.31 bits per heavy atom. The van der Waals surface area contributed by atoms with Crippen molar-refractivity contribution in [1.29, 1.82) is 0 Å². The van der Waals surface area contributed by atoms with E-state index < -0.39 is 8.07 Å². The van der Waals surface area contributed by atoms with E-state index in [-0.39, 0.29) is 5.78 Å². The first kappa shape index (κ1) is 8.68. The molecule has 1 aliphatic rings. The van der Waals surface area contributed by atoms with Gasteiger partial charge in [0.2, 0.25) is 0 Å². The first-order valence-electron chi connectivity index (χ1n) is 4.61. The number of nitrogens with one attached hydrogen (secondary N) is 1. The number of ketones is 1. The maximum atomic E-state index is 11.3. The van der Waals surface area contributed by atoms with Gasteiger partial charge >= 0.3 is 0 Å². The number of Topliss-reactive ketones (excluding diaryl/α,β-unsaturated/α-hetero) is 1. The lowest BCUT2D eigenvalue weighted by molar-refractivity contribution is 0.0990. The standard InChI is InChI=1S/C9H14N2OSi/c1-13(2,3)9-6-4-5-7(12)8(6)10-11-9/h4-5H2,1-3H3,(H,10,11). The molecular weight excluding hydrogens is 180 g/mol. The zero-order chi connectivity index (χ0) is 9.64. The van der Waals surface area contributed by atoms with Crippen molar-refractivity contribution in [3.63, 3.8) is 0 Å². The second kappa shape index (κ2) is 2.54. The summed E-state index contributed by atoms with van der Waals surface area (Å²) in [6.45, 7) is 6.80. The van der Waals surface area contributed by atoms with Crippen molar-refractivity contribution >= 4 is 19.2 Å². The molecule has 1 aromatic rings. The predicted octanol–water partition coefficient (Wildman–Crippen LogP) is 1.08. The molecule has 0 unspecified atom stereocenters. The fourth-order valence-electron chi connectivity index (χ4n) is 1.82. The van der Waals surface area contributed by atoms with Crippen molar-refractivity contribution in [1.82, 2.24) is 10.2 Å². The van der Waals surface area contributed by atoms with Crippen molar-refractivity contribution < 1.29 is 4.79 Å². The van der Waals surface area contributed by atoms with Crippen LogP contribution in [0.4, 0.5) is 0 Å². The minimum atomic E-state index is -1.34. The van der Waals surface area contributed by atoms with Crippen LogP contribution in [0.3, 0.4) is 0 Å². The first-order chi connectivity index (χ1) is 6.00. The van der Waals surface area contributed by atoms with E-state index in [1.165, 1.54) is 10.9 Å². The highest BCUT2D eigenvalue weighted by molar-refractivity contribution is 6.88. The van der Waals surface area contributed by atoms with Gasteiger partial charge in [0.1, 0.15) is 13.8 Å². The molecule has 0 saturated carbocycles. The molecule has 70 valence electrons. The number of H-pyrrole nitrogens is 1. The van der Waals surface area contributed by atoms with E-state index in [1.54, 1.807) is 0 Å². The van der Waals surface area contributed by atoms with E-state index in [0.717, 1.165) is 6.42 Å². The SMILES string of the molecule is C[Si](C)(C)c1[nH]nc2c1CCC2=O. The highest BCUT2D eigenvalue weighted by Crippen LogP contribution is 2.19. The number of hydrogen-bond donors (Lipinski definition) is 1. The topological polar surface area (TPSA) is 45.8 Å². The Balaban J connectivity index is 2.53. The lowest BCUT2D eigenvalue weighted by atomic mass is 10.3. The van der Waals surface area contributed by atoms with Gasteiger partial charge in [0.25, 0.3) is 0 Å². The van der Waals surface area contributed by atoms with Gasteiger partial charge in [-0.2, -0.15) is 5.10 Å². The van der Waals surface area contributed by atoms with E-state index in [4.69, 9.17) is 0 Å². The molecule has 1 N–H and O–H groups in total. The molecule has 0 fully saturated rings. The number of fused-ring (bicyclic) bond motifs is 1. The van der Waals surface area contributed by atoms with Crippen molar-refractivity contribution in [2.45, 2.75) is 32.5 Å². The quantitative estimate of drug-likeness (QED) is 0.680. The number of hydrogen-bond acceptors (Lipinski definition) is 2. The second-order valence-corrected chi connectivity index (χ2v) is 9.60. The largest absolute Gasteiger partial charge is 0.292 e. The number of carbonyl (C=O) groups is 1. The summed E-state index contributed by atoms with van der Waals surface area (Å²) in [6, 6.07) is 0. The van der Waals surface area contributed by atoms with Crippen molar-refractivity contribution in [2.75, 3.05) is 0 Å². The average molecular weight is 194 g/mol. The second-order valence-electron chi connectivity index (χ2n) is 4.60. The Hall–Kier alpha value is -0.903. The minimum absolute atomic E-state index is 0.204. The highest BCUT2D eigenvalue weighted by atomic mass is 28.3. The number of nitrogens with zero attached hydrogens (tertiary/aromatic N) is 1. The van der Waals surface area contributed by atoms with Crippen LogP contribution in [0.1, 0.15) is 22.5 Å². The molecule has 0 aliphatic heterocycles. The normalized spacial score (nSPS) is 16.4. The fraction of sp³-hybridized carbons (Fsp3) is 0.556. The zero-order valence-corrected chi connectivity index (χ0v) is 9.27. The number of rotatable bonds is 1. The van der Waals surface area contributed by atoms with Crippen LogP contribution in [0.5, 0.6) is 0 Å². The molecular formula is C9H14N2OSi. The molecule has 4 heteroatoms. The molecule has 1 heterocycles. The molecule has 0 spiro atoms. The maximum absolute atomic E-state index is 11.3. The summed E-state index contributed by atoms with van der Waals surface area (Å²) in [6.07, 6.45) is 1.55. The van der Waals surface area contributed by atoms with Gasteiger partial charge < -0.3 is 0 Å². The lowest BCUT2D eigenvalue weighted by Gasteiger charge is -2.14.